The van der Waals surface area contributed by atoms with Crippen LogP contribution in [0.15, 0.2) is 0 Å². The number of piperazine rings is 1. The van der Waals surface area contributed by atoms with Gasteiger partial charge in [0, 0.05) is 31.2 Å². The van der Waals surface area contributed by atoms with Crippen molar-refractivity contribution in [2.75, 3.05) is 26.2 Å². The second-order valence-corrected chi connectivity index (χ2v) is 6.98. The minimum Gasteiger partial charge on any atom is -0.466 e. The molecule has 2 atom stereocenters. The monoisotopic (exact) mass is 272 g/mol. The summed E-state index contributed by atoms with van der Waals surface area (Å²) < 4.78 is 7.62. The van der Waals surface area contributed by atoms with E-state index in [2.05, 4.69) is 30.2 Å². The Balaban J connectivity index is 2.60. The Morgan fingerprint density at radius 3 is 2.67 bits per heavy atom. The molecule has 0 aromatic carbocycles. The van der Waals surface area contributed by atoms with Crippen LogP contribution < -0.4 is 0 Å². The highest BCUT2D eigenvalue weighted by molar-refractivity contribution is 6.05. The van der Waals surface area contributed by atoms with Crippen LogP contribution in [0.5, 0.6) is 0 Å². The molecule has 1 saturated heterocycles. The van der Waals surface area contributed by atoms with E-state index in [1.807, 2.05) is 13.8 Å². The van der Waals surface area contributed by atoms with Crippen LogP contribution in [0, 0.1) is 5.92 Å². The van der Waals surface area contributed by atoms with E-state index >= 15 is 0 Å². The van der Waals surface area contributed by atoms with Gasteiger partial charge in [-0.3, -0.25) is 9.69 Å². The van der Waals surface area contributed by atoms with Crippen molar-refractivity contribution >= 4 is 16.4 Å². The summed E-state index contributed by atoms with van der Waals surface area (Å²) in [5.41, 5.74) is 0.207. The number of esters is 1. The molecule has 0 amide bonds. The number of carbonyl (C=O) groups excluding carboxylic acids is 1. The maximum absolute atomic E-state index is 11.7. The molecule has 106 valence electrons. The highest BCUT2D eigenvalue weighted by Crippen LogP contribution is 2.26. The maximum Gasteiger partial charge on any atom is 0.309 e. The van der Waals surface area contributed by atoms with Crippen molar-refractivity contribution in [1.29, 1.82) is 0 Å². The first kappa shape index (κ1) is 15.7. The van der Waals surface area contributed by atoms with Crippen LogP contribution in [-0.4, -0.2) is 63.7 Å². The lowest BCUT2D eigenvalue weighted by Crippen LogP contribution is -2.64. The van der Waals surface area contributed by atoms with E-state index < -0.39 is 0 Å². The van der Waals surface area contributed by atoms with E-state index in [4.69, 9.17) is 4.74 Å². The number of nitrogens with zero attached hydrogens (tertiary/aromatic N) is 2. The molecule has 5 heteroatoms. The van der Waals surface area contributed by atoms with E-state index in [-0.39, 0.29) is 17.4 Å². The Bertz CT molecular complexity index is 297. The molecule has 0 aromatic heterocycles. The number of carbonyl (C=O) groups is 1. The van der Waals surface area contributed by atoms with Gasteiger partial charge in [0.05, 0.1) is 22.9 Å². The summed E-state index contributed by atoms with van der Waals surface area (Å²) in [6, 6.07) is 0.473. The number of ether oxygens (including phenoxy) is 1. The lowest BCUT2D eigenvalue weighted by molar-refractivity contribution is -0.148. The summed E-state index contributed by atoms with van der Waals surface area (Å²) in [4.78, 5) is 14.1. The van der Waals surface area contributed by atoms with Crippen molar-refractivity contribution in [3.05, 3.63) is 0 Å². The lowest BCUT2D eigenvalue weighted by Gasteiger charge is -2.51. The topological polar surface area (TPSA) is 32.8 Å². The van der Waals surface area contributed by atoms with E-state index in [0.29, 0.717) is 12.6 Å². The van der Waals surface area contributed by atoms with E-state index in [1.54, 1.807) is 0 Å². The van der Waals surface area contributed by atoms with Crippen molar-refractivity contribution in [2.45, 2.75) is 46.2 Å². The molecule has 0 aliphatic carbocycles. The van der Waals surface area contributed by atoms with E-state index in [1.165, 1.54) is 0 Å². The highest BCUT2D eigenvalue weighted by Gasteiger charge is 2.38. The molecule has 0 bridgehead atoms. The van der Waals surface area contributed by atoms with Crippen LogP contribution in [-0.2, 0) is 9.53 Å². The second-order valence-electron chi connectivity index (χ2n) is 5.90. The van der Waals surface area contributed by atoms with Crippen LogP contribution >= 0.6 is 0 Å². The number of hydrogen-bond acceptors (Lipinski definition) is 4. The Labute approximate surface area is 114 Å². The summed E-state index contributed by atoms with van der Waals surface area (Å²) in [5.74, 6) is -0.111. The van der Waals surface area contributed by atoms with Crippen molar-refractivity contribution in [3.63, 3.8) is 0 Å². The smallest absolute Gasteiger partial charge is 0.309 e. The van der Waals surface area contributed by atoms with Gasteiger partial charge in [0.25, 0.3) is 0 Å². The predicted molar refractivity (Wildman–Crippen MR) is 77.6 cm³/mol. The molecule has 0 saturated carbocycles. The fourth-order valence-corrected chi connectivity index (χ4v) is 3.06. The summed E-state index contributed by atoms with van der Waals surface area (Å²) in [6.07, 6.45) is 0. The molecular weight excluding hydrogens is 244 g/mol. The van der Waals surface area contributed by atoms with Crippen LogP contribution in [0.2, 0.25) is 0 Å². The van der Waals surface area contributed by atoms with Gasteiger partial charge in [0.2, 0.25) is 0 Å². The average Bonchev–Trinajstić information content (AvgIpc) is 2.31. The summed E-state index contributed by atoms with van der Waals surface area (Å²) in [5, 5.41) is 0. The summed E-state index contributed by atoms with van der Waals surface area (Å²) in [7, 11) is 1.10. The van der Waals surface area contributed by atoms with Crippen LogP contribution in [0.25, 0.3) is 0 Å². The van der Waals surface area contributed by atoms with Crippen LogP contribution in [0.4, 0.5) is 0 Å². The van der Waals surface area contributed by atoms with Crippen molar-refractivity contribution < 1.29 is 9.53 Å². The lowest BCUT2D eigenvalue weighted by atomic mass is 9.91. The van der Waals surface area contributed by atoms with Gasteiger partial charge >= 0.3 is 5.97 Å². The van der Waals surface area contributed by atoms with Gasteiger partial charge < -0.3 is 9.30 Å². The van der Waals surface area contributed by atoms with Crippen molar-refractivity contribution in [3.8, 4) is 0 Å². The summed E-state index contributed by atoms with van der Waals surface area (Å²) in [6.45, 7) is 14.1. The van der Waals surface area contributed by atoms with Gasteiger partial charge in [-0.2, -0.15) is 0 Å². The zero-order valence-corrected chi connectivity index (χ0v) is 14.7. The van der Waals surface area contributed by atoms with E-state index in [9.17, 15) is 4.79 Å². The predicted octanol–water partition coefficient (Wildman–Crippen LogP) is 0.251. The summed E-state index contributed by atoms with van der Waals surface area (Å²) >= 11 is 0. The molecule has 0 spiro atoms. The van der Waals surface area contributed by atoms with Gasteiger partial charge in [-0.05, 0) is 27.7 Å². The minimum atomic E-state index is -0.0733. The minimum absolute atomic E-state index is 0.0381. The molecule has 4 nitrogen and oxygen atoms in total. The van der Waals surface area contributed by atoms with Crippen molar-refractivity contribution in [2.24, 2.45) is 5.92 Å². The zero-order valence-electron chi connectivity index (χ0n) is 12.7. The third-order valence-corrected chi connectivity index (χ3v) is 6.07. The quantitative estimate of drug-likeness (QED) is 0.543. The Morgan fingerprint density at radius 2 is 2.11 bits per heavy atom. The standard InChI is InChI=1S/C13H28N2O2Si/c1-6-17-12(16)10(2)9-14-7-8-15(18)13(4,5)11(14)3/h10-11H,6-9H2,1-5,18H3. The zero-order chi connectivity index (χ0) is 13.9. The first-order chi connectivity index (χ1) is 8.30. The highest BCUT2D eigenvalue weighted by atomic mass is 28.2. The molecular formula is C13H28N2O2Si. The molecule has 2 unspecified atom stereocenters. The molecule has 1 fully saturated rings. The average molecular weight is 272 g/mol. The van der Waals surface area contributed by atoms with Gasteiger partial charge in [-0.15, -0.1) is 0 Å². The fraction of sp³-hybridized carbons (Fsp3) is 0.923. The van der Waals surface area contributed by atoms with Crippen LogP contribution in [0.1, 0.15) is 34.6 Å². The Hall–Kier alpha value is -0.393. The van der Waals surface area contributed by atoms with Gasteiger partial charge in [0.15, 0.2) is 0 Å². The largest absolute Gasteiger partial charge is 0.466 e. The number of hydrogen-bond donors (Lipinski definition) is 0. The molecule has 0 radical (unpaired) electrons. The van der Waals surface area contributed by atoms with Crippen molar-refractivity contribution in [1.82, 2.24) is 9.47 Å². The molecule has 1 aliphatic rings. The molecule has 0 N–H and O–H groups in total. The fourth-order valence-electron chi connectivity index (χ4n) is 2.49. The SMILES string of the molecule is CCOC(=O)C(C)CN1CCN([SiH3])C(C)(C)C1C. The van der Waals surface area contributed by atoms with Gasteiger partial charge in [0.1, 0.15) is 0 Å². The second kappa shape index (κ2) is 6.17. The van der Waals surface area contributed by atoms with Crippen LogP contribution in [0.3, 0.4) is 0 Å². The van der Waals surface area contributed by atoms with Gasteiger partial charge in [-0.1, -0.05) is 6.92 Å². The molecule has 18 heavy (non-hydrogen) atoms. The third-order valence-electron chi connectivity index (χ3n) is 4.47. The Kier molecular flexibility index (Phi) is 5.37. The normalized spacial score (nSPS) is 27.1. The van der Waals surface area contributed by atoms with E-state index in [0.717, 1.165) is 30.0 Å². The first-order valence-corrected chi connectivity index (χ1v) is 7.82. The maximum atomic E-state index is 11.7. The molecule has 1 aliphatic heterocycles. The number of rotatable bonds is 4. The first-order valence-electron chi connectivity index (χ1n) is 6.92. The third kappa shape index (κ3) is 3.33. The van der Waals surface area contributed by atoms with Gasteiger partial charge in [-0.25, -0.2) is 0 Å². The Morgan fingerprint density at radius 1 is 1.50 bits per heavy atom. The molecule has 0 aromatic rings. The molecule has 1 heterocycles. The molecule has 1 rings (SSSR count).